The molecule has 0 aliphatic rings. The number of benzene rings is 1. The number of rotatable bonds is 9. The Kier molecular flexibility index (Phi) is 6.60. The number of amides is 2. The topological polar surface area (TPSA) is 108 Å². The number of hydrogen-bond donors (Lipinski definition) is 2. The normalized spacial score (nSPS) is 10.4. The highest BCUT2D eigenvalue weighted by molar-refractivity contribution is 6.01. The molecule has 0 radical (unpaired) electrons. The highest BCUT2D eigenvalue weighted by Gasteiger charge is 2.16. The number of nitrogens with two attached hydrogens (primary N) is 1. The second-order valence-electron chi connectivity index (χ2n) is 5.48. The van der Waals surface area contributed by atoms with Gasteiger partial charge in [0.25, 0.3) is 5.91 Å². The van der Waals surface area contributed by atoms with E-state index in [1.54, 1.807) is 29.1 Å². The van der Waals surface area contributed by atoms with Crippen LogP contribution in [0.1, 0.15) is 36.8 Å². The van der Waals surface area contributed by atoms with Crippen LogP contribution in [0, 0.1) is 0 Å². The van der Waals surface area contributed by atoms with Crippen molar-refractivity contribution in [3.8, 4) is 11.5 Å². The lowest BCUT2D eigenvalue weighted by atomic mass is 10.1. The second kappa shape index (κ2) is 8.89. The van der Waals surface area contributed by atoms with Crippen molar-refractivity contribution in [3.63, 3.8) is 0 Å². The average molecular weight is 360 g/mol. The monoisotopic (exact) mass is 360 g/mol. The van der Waals surface area contributed by atoms with E-state index in [-0.39, 0.29) is 18.0 Å². The molecule has 0 aliphatic heterocycles. The SMILES string of the molecule is CCOc1ccc(CC(=O)Nc2cn(CC)nc2C(N)=O)cc1OCC. The van der Waals surface area contributed by atoms with Crippen LogP contribution < -0.4 is 20.5 Å². The van der Waals surface area contributed by atoms with E-state index in [0.29, 0.717) is 36.9 Å². The molecule has 2 amide bonds. The number of primary amides is 1. The first kappa shape index (κ1) is 19.3. The van der Waals surface area contributed by atoms with Gasteiger partial charge < -0.3 is 20.5 Å². The van der Waals surface area contributed by atoms with Gasteiger partial charge in [0.1, 0.15) is 0 Å². The van der Waals surface area contributed by atoms with Gasteiger partial charge in [0.15, 0.2) is 17.2 Å². The fraction of sp³-hybridized carbons (Fsp3) is 0.389. The zero-order valence-corrected chi connectivity index (χ0v) is 15.2. The van der Waals surface area contributed by atoms with Gasteiger partial charge in [-0.3, -0.25) is 14.3 Å². The molecule has 8 nitrogen and oxygen atoms in total. The van der Waals surface area contributed by atoms with E-state index < -0.39 is 5.91 Å². The van der Waals surface area contributed by atoms with Crippen molar-refractivity contribution in [2.24, 2.45) is 5.73 Å². The zero-order chi connectivity index (χ0) is 19.1. The van der Waals surface area contributed by atoms with Crippen LogP contribution in [0.2, 0.25) is 0 Å². The maximum Gasteiger partial charge on any atom is 0.271 e. The molecule has 0 bridgehead atoms. The highest BCUT2D eigenvalue weighted by atomic mass is 16.5. The predicted molar refractivity (Wildman–Crippen MR) is 97.5 cm³/mol. The van der Waals surface area contributed by atoms with Gasteiger partial charge in [-0.15, -0.1) is 0 Å². The summed E-state index contributed by atoms with van der Waals surface area (Å²) in [5.74, 6) is 0.261. The Morgan fingerprint density at radius 3 is 2.46 bits per heavy atom. The molecular formula is C18H24N4O4. The molecule has 0 unspecified atom stereocenters. The molecule has 0 aliphatic carbocycles. The first-order valence-corrected chi connectivity index (χ1v) is 8.54. The molecule has 1 heterocycles. The van der Waals surface area contributed by atoms with Crippen LogP contribution in [-0.2, 0) is 17.8 Å². The van der Waals surface area contributed by atoms with Crippen LogP contribution in [-0.4, -0.2) is 34.8 Å². The van der Waals surface area contributed by atoms with Gasteiger partial charge in [-0.2, -0.15) is 5.10 Å². The minimum absolute atomic E-state index is 0.0434. The van der Waals surface area contributed by atoms with Crippen molar-refractivity contribution in [1.82, 2.24) is 9.78 Å². The average Bonchev–Trinajstić information content (AvgIpc) is 3.00. The molecule has 0 fully saturated rings. The Hall–Kier alpha value is -3.03. The third-order valence-corrected chi connectivity index (χ3v) is 3.57. The number of ether oxygens (including phenoxy) is 2. The molecule has 3 N–H and O–H groups in total. The smallest absolute Gasteiger partial charge is 0.271 e. The molecule has 0 spiro atoms. The summed E-state index contributed by atoms with van der Waals surface area (Å²) in [6.45, 7) is 7.23. The maximum atomic E-state index is 12.4. The van der Waals surface area contributed by atoms with Crippen LogP contribution >= 0.6 is 0 Å². The number of carbonyl (C=O) groups excluding carboxylic acids is 2. The summed E-state index contributed by atoms with van der Waals surface area (Å²) in [4.78, 5) is 23.8. The summed E-state index contributed by atoms with van der Waals surface area (Å²) < 4.78 is 12.6. The standard InChI is InChI=1S/C18H24N4O4/c1-4-22-11-13(17(21-22)18(19)24)20-16(23)10-12-7-8-14(25-5-2)15(9-12)26-6-3/h7-9,11H,4-6,10H2,1-3H3,(H2,19,24)(H,20,23). The molecular weight excluding hydrogens is 336 g/mol. The first-order valence-electron chi connectivity index (χ1n) is 8.54. The number of aryl methyl sites for hydroxylation is 1. The Bertz CT molecular complexity index is 785. The number of nitrogens with zero attached hydrogens (tertiary/aromatic N) is 2. The van der Waals surface area contributed by atoms with Crippen LogP contribution in [0.25, 0.3) is 0 Å². The fourth-order valence-corrected chi connectivity index (χ4v) is 2.44. The summed E-state index contributed by atoms with van der Waals surface area (Å²) >= 11 is 0. The minimum atomic E-state index is -0.688. The van der Waals surface area contributed by atoms with Crippen molar-refractivity contribution < 1.29 is 19.1 Å². The molecule has 0 atom stereocenters. The predicted octanol–water partition coefficient (Wildman–Crippen LogP) is 1.98. The van der Waals surface area contributed by atoms with Crippen molar-refractivity contribution in [3.05, 3.63) is 35.7 Å². The second-order valence-corrected chi connectivity index (χ2v) is 5.48. The van der Waals surface area contributed by atoms with Crippen molar-refractivity contribution in [2.75, 3.05) is 18.5 Å². The number of hydrogen-bond acceptors (Lipinski definition) is 5. The lowest BCUT2D eigenvalue weighted by Crippen LogP contribution is -2.19. The number of aromatic nitrogens is 2. The first-order chi connectivity index (χ1) is 12.5. The molecule has 8 heteroatoms. The molecule has 140 valence electrons. The van der Waals surface area contributed by atoms with Crippen molar-refractivity contribution in [2.45, 2.75) is 33.7 Å². The lowest BCUT2D eigenvalue weighted by molar-refractivity contribution is -0.115. The van der Waals surface area contributed by atoms with Gasteiger partial charge in [-0.05, 0) is 38.5 Å². The van der Waals surface area contributed by atoms with E-state index in [2.05, 4.69) is 10.4 Å². The van der Waals surface area contributed by atoms with Gasteiger partial charge in [0, 0.05) is 12.7 Å². The Labute approximate surface area is 152 Å². The quantitative estimate of drug-likeness (QED) is 0.711. The lowest BCUT2D eigenvalue weighted by Gasteiger charge is -2.12. The number of nitrogens with one attached hydrogen (secondary N) is 1. The van der Waals surface area contributed by atoms with Crippen LogP contribution in [0.3, 0.4) is 0 Å². The van der Waals surface area contributed by atoms with Gasteiger partial charge in [-0.25, -0.2) is 0 Å². The van der Waals surface area contributed by atoms with Crippen LogP contribution in [0.5, 0.6) is 11.5 Å². The van der Waals surface area contributed by atoms with E-state index in [0.717, 1.165) is 5.56 Å². The Morgan fingerprint density at radius 2 is 1.85 bits per heavy atom. The van der Waals surface area contributed by atoms with E-state index in [1.807, 2.05) is 20.8 Å². The molecule has 0 saturated carbocycles. The molecule has 0 saturated heterocycles. The summed E-state index contributed by atoms with van der Waals surface area (Å²) in [6, 6.07) is 5.36. The van der Waals surface area contributed by atoms with E-state index in [1.165, 1.54) is 0 Å². The van der Waals surface area contributed by atoms with Crippen molar-refractivity contribution >= 4 is 17.5 Å². The summed E-state index contributed by atoms with van der Waals surface area (Å²) in [5, 5.41) is 6.74. The minimum Gasteiger partial charge on any atom is -0.490 e. The third kappa shape index (κ3) is 4.75. The molecule has 2 rings (SSSR count). The zero-order valence-electron chi connectivity index (χ0n) is 15.2. The number of carbonyl (C=O) groups is 2. The Morgan fingerprint density at radius 1 is 1.15 bits per heavy atom. The fourth-order valence-electron chi connectivity index (χ4n) is 2.44. The van der Waals surface area contributed by atoms with Gasteiger partial charge in [-0.1, -0.05) is 6.07 Å². The third-order valence-electron chi connectivity index (χ3n) is 3.57. The molecule has 2 aromatic rings. The van der Waals surface area contributed by atoms with Gasteiger partial charge >= 0.3 is 0 Å². The molecule has 26 heavy (non-hydrogen) atoms. The molecule has 1 aromatic heterocycles. The summed E-state index contributed by atoms with van der Waals surface area (Å²) in [5.41, 5.74) is 6.42. The van der Waals surface area contributed by atoms with Crippen molar-refractivity contribution in [1.29, 1.82) is 0 Å². The van der Waals surface area contributed by atoms with E-state index >= 15 is 0 Å². The summed E-state index contributed by atoms with van der Waals surface area (Å²) in [7, 11) is 0. The van der Waals surface area contributed by atoms with Gasteiger partial charge in [0.05, 0.1) is 25.3 Å². The van der Waals surface area contributed by atoms with Gasteiger partial charge in [0.2, 0.25) is 5.91 Å². The molecule has 1 aromatic carbocycles. The van der Waals surface area contributed by atoms with E-state index in [4.69, 9.17) is 15.2 Å². The number of anilines is 1. The van der Waals surface area contributed by atoms with Crippen LogP contribution in [0.15, 0.2) is 24.4 Å². The van der Waals surface area contributed by atoms with E-state index in [9.17, 15) is 9.59 Å². The largest absolute Gasteiger partial charge is 0.490 e. The van der Waals surface area contributed by atoms with Crippen LogP contribution in [0.4, 0.5) is 5.69 Å². The Balaban J connectivity index is 2.14. The maximum absolute atomic E-state index is 12.4. The highest BCUT2D eigenvalue weighted by Crippen LogP contribution is 2.28. The summed E-state index contributed by atoms with van der Waals surface area (Å²) in [6.07, 6.45) is 1.70.